The minimum atomic E-state index is -0.376. The van der Waals surface area contributed by atoms with Gasteiger partial charge in [0, 0.05) is 41.8 Å². The molecule has 0 radical (unpaired) electrons. The minimum Gasteiger partial charge on any atom is -0.328 e. The summed E-state index contributed by atoms with van der Waals surface area (Å²) in [6.07, 6.45) is 6.48. The average Bonchev–Trinajstić information content (AvgIpc) is 3.10. The summed E-state index contributed by atoms with van der Waals surface area (Å²) in [5.41, 5.74) is 3.25. The number of anilines is 1. The second-order valence-electron chi connectivity index (χ2n) is 8.05. The number of Topliss-reactive ketones (excluding diaryl/α,β-unsaturated/α-hetero) is 1. The molecule has 3 aromatic rings. The van der Waals surface area contributed by atoms with Crippen LogP contribution in [0.1, 0.15) is 38.4 Å². The Balaban J connectivity index is 1.69. The standard InChI is InChI=1S/C21H20N6O/c1-21(2)11-15-17(16(28)12-21)18(14-5-3-4-8-23-14)27-20(24-15)25-19(26-27)13-6-9-22-10-7-13/h3-10,18H,11-12H2,1-2H3,(H,24,25,26). The maximum absolute atomic E-state index is 13.1. The molecule has 4 heterocycles. The number of carbonyl (C=O) groups is 1. The SMILES string of the molecule is CC1(C)CC(=O)C2=C(C1)Nc1nc(-c3ccncc3)nn1C2c1ccccn1. The van der Waals surface area contributed by atoms with E-state index in [0.29, 0.717) is 18.2 Å². The molecule has 1 aliphatic carbocycles. The molecule has 2 aliphatic rings. The normalized spacial score (nSPS) is 20.4. The van der Waals surface area contributed by atoms with Gasteiger partial charge >= 0.3 is 0 Å². The molecular weight excluding hydrogens is 352 g/mol. The number of hydrogen-bond acceptors (Lipinski definition) is 6. The van der Waals surface area contributed by atoms with Gasteiger partial charge in [-0.15, -0.1) is 5.10 Å². The summed E-state index contributed by atoms with van der Waals surface area (Å²) in [6, 6.07) is 9.11. The van der Waals surface area contributed by atoms with Crippen molar-refractivity contribution in [3.63, 3.8) is 0 Å². The van der Waals surface area contributed by atoms with Crippen LogP contribution < -0.4 is 5.32 Å². The van der Waals surface area contributed by atoms with Crippen LogP contribution in [0.15, 0.2) is 60.2 Å². The molecule has 0 fully saturated rings. The third kappa shape index (κ3) is 2.70. The van der Waals surface area contributed by atoms with Gasteiger partial charge in [-0.25, -0.2) is 4.68 Å². The molecular formula is C21H20N6O. The fraction of sp³-hybridized carbons (Fsp3) is 0.286. The van der Waals surface area contributed by atoms with Crippen molar-refractivity contribution in [1.82, 2.24) is 24.7 Å². The Morgan fingerprint density at radius 2 is 1.93 bits per heavy atom. The summed E-state index contributed by atoms with van der Waals surface area (Å²) in [5, 5.41) is 8.11. The number of nitrogens with zero attached hydrogens (tertiary/aromatic N) is 5. The minimum absolute atomic E-state index is 0.0896. The van der Waals surface area contributed by atoms with Gasteiger partial charge in [0.15, 0.2) is 11.6 Å². The number of nitrogens with one attached hydrogen (secondary N) is 1. The highest BCUT2D eigenvalue weighted by Gasteiger charge is 2.42. The number of rotatable bonds is 2. The van der Waals surface area contributed by atoms with E-state index < -0.39 is 0 Å². The predicted octanol–water partition coefficient (Wildman–Crippen LogP) is 3.39. The van der Waals surface area contributed by atoms with Gasteiger partial charge in [-0.2, -0.15) is 4.98 Å². The molecule has 0 spiro atoms. The van der Waals surface area contributed by atoms with Gasteiger partial charge < -0.3 is 5.32 Å². The van der Waals surface area contributed by atoms with Crippen LogP contribution in [0, 0.1) is 5.41 Å². The van der Waals surface area contributed by atoms with E-state index in [-0.39, 0.29) is 17.2 Å². The number of hydrogen-bond donors (Lipinski definition) is 1. The molecule has 7 heteroatoms. The first-order chi connectivity index (χ1) is 13.5. The molecule has 0 aromatic carbocycles. The van der Waals surface area contributed by atoms with E-state index in [4.69, 9.17) is 10.1 Å². The first kappa shape index (κ1) is 16.8. The Bertz CT molecular complexity index is 1080. The molecule has 0 saturated heterocycles. The fourth-order valence-corrected chi connectivity index (χ4v) is 4.04. The molecule has 1 atom stereocenters. The third-order valence-electron chi connectivity index (χ3n) is 5.24. The van der Waals surface area contributed by atoms with E-state index in [1.807, 2.05) is 30.3 Å². The monoisotopic (exact) mass is 372 g/mol. The molecule has 1 aliphatic heterocycles. The zero-order valence-corrected chi connectivity index (χ0v) is 15.8. The molecule has 0 bridgehead atoms. The van der Waals surface area contributed by atoms with E-state index >= 15 is 0 Å². The zero-order chi connectivity index (χ0) is 19.3. The van der Waals surface area contributed by atoms with Crippen LogP contribution in [0.25, 0.3) is 11.4 Å². The molecule has 28 heavy (non-hydrogen) atoms. The lowest BCUT2D eigenvalue weighted by atomic mass is 9.73. The lowest BCUT2D eigenvalue weighted by Gasteiger charge is -2.37. The van der Waals surface area contributed by atoms with E-state index in [9.17, 15) is 4.79 Å². The van der Waals surface area contributed by atoms with Gasteiger partial charge in [-0.3, -0.25) is 14.8 Å². The largest absolute Gasteiger partial charge is 0.328 e. The van der Waals surface area contributed by atoms with Crippen LogP contribution in [0.3, 0.4) is 0 Å². The van der Waals surface area contributed by atoms with E-state index in [1.165, 1.54) is 0 Å². The number of fused-ring (bicyclic) bond motifs is 1. The van der Waals surface area contributed by atoms with Gasteiger partial charge in [-0.1, -0.05) is 19.9 Å². The van der Waals surface area contributed by atoms with Crippen molar-refractivity contribution in [2.24, 2.45) is 5.41 Å². The van der Waals surface area contributed by atoms with Gasteiger partial charge in [0.2, 0.25) is 5.95 Å². The molecule has 1 unspecified atom stereocenters. The summed E-state index contributed by atoms with van der Waals surface area (Å²) >= 11 is 0. The van der Waals surface area contributed by atoms with Crippen molar-refractivity contribution >= 4 is 11.7 Å². The summed E-state index contributed by atoms with van der Waals surface area (Å²) < 4.78 is 1.78. The molecule has 3 aromatic heterocycles. The van der Waals surface area contributed by atoms with Crippen LogP contribution in [-0.4, -0.2) is 30.5 Å². The summed E-state index contributed by atoms with van der Waals surface area (Å²) in [5.74, 6) is 1.37. The van der Waals surface area contributed by atoms with Crippen LogP contribution in [-0.2, 0) is 4.79 Å². The number of aromatic nitrogens is 5. The second-order valence-corrected chi connectivity index (χ2v) is 8.05. The fourth-order valence-electron chi connectivity index (χ4n) is 4.04. The van der Waals surface area contributed by atoms with Gasteiger partial charge in [0.1, 0.15) is 6.04 Å². The van der Waals surface area contributed by atoms with Crippen molar-refractivity contribution < 1.29 is 4.79 Å². The quantitative estimate of drug-likeness (QED) is 0.742. The Kier molecular flexibility index (Phi) is 3.65. The average molecular weight is 372 g/mol. The Hall–Kier alpha value is -3.35. The maximum Gasteiger partial charge on any atom is 0.226 e. The first-order valence-corrected chi connectivity index (χ1v) is 9.33. The Morgan fingerprint density at radius 1 is 1.11 bits per heavy atom. The van der Waals surface area contributed by atoms with Gasteiger partial charge in [-0.05, 0) is 36.1 Å². The molecule has 140 valence electrons. The zero-order valence-electron chi connectivity index (χ0n) is 15.8. The number of carbonyl (C=O) groups excluding carboxylic acids is 1. The molecule has 7 nitrogen and oxygen atoms in total. The second kappa shape index (κ2) is 6.09. The Labute approximate surface area is 162 Å². The summed E-state index contributed by atoms with van der Waals surface area (Å²) in [7, 11) is 0. The van der Waals surface area contributed by atoms with Crippen molar-refractivity contribution in [3.05, 3.63) is 65.9 Å². The highest BCUT2D eigenvalue weighted by molar-refractivity contribution is 6.00. The summed E-state index contributed by atoms with van der Waals surface area (Å²) in [4.78, 5) is 26.4. The molecule has 1 N–H and O–H groups in total. The Morgan fingerprint density at radius 3 is 2.68 bits per heavy atom. The summed E-state index contributed by atoms with van der Waals surface area (Å²) in [6.45, 7) is 4.24. The van der Waals surface area contributed by atoms with Crippen LogP contribution in [0.2, 0.25) is 0 Å². The number of ketones is 1. The van der Waals surface area contributed by atoms with Gasteiger partial charge in [0.25, 0.3) is 0 Å². The molecule has 0 saturated carbocycles. The van der Waals surface area contributed by atoms with Crippen LogP contribution in [0.5, 0.6) is 0 Å². The maximum atomic E-state index is 13.1. The highest BCUT2D eigenvalue weighted by Crippen LogP contribution is 2.45. The topological polar surface area (TPSA) is 85.6 Å². The molecule has 0 amide bonds. The van der Waals surface area contributed by atoms with E-state index in [1.54, 1.807) is 23.3 Å². The van der Waals surface area contributed by atoms with Crippen molar-refractivity contribution in [3.8, 4) is 11.4 Å². The lowest BCUT2D eigenvalue weighted by Crippen LogP contribution is -2.36. The highest BCUT2D eigenvalue weighted by atomic mass is 16.1. The van der Waals surface area contributed by atoms with Gasteiger partial charge in [0.05, 0.1) is 5.69 Å². The molecule has 5 rings (SSSR count). The van der Waals surface area contributed by atoms with Crippen LogP contribution in [0.4, 0.5) is 5.95 Å². The van der Waals surface area contributed by atoms with E-state index in [0.717, 1.165) is 28.9 Å². The number of allylic oxidation sites excluding steroid dienone is 2. The number of pyridine rings is 2. The lowest BCUT2D eigenvalue weighted by molar-refractivity contribution is -0.118. The van der Waals surface area contributed by atoms with Crippen molar-refractivity contribution in [2.75, 3.05) is 5.32 Å². The first-order valence-electron chi connectivity index (χ1n) is 9.33. The predicted molar refractivity (Wildman–Crippen MR) is 104 cm³/mol. The van der Waals surface area contributed by atoms with Crippen LogP contribution >= 0.6 is 0 Å². The van der Waals surface area contributed by atoms with Crippen molar-refractivity contribution in [2.45, 2.75) is 32.7 Å². The van der Waals surface area contributed by atoms with E-state index in [2.05, 4.69) is 29.1 Å². The van der Waals surface area contributed by atoms with Crippen molar-refractivity contribution in [1.29, 1.82) is 0 Å². The smallest absolute Gasteiger partial charge is 0.226 e. The third-order valence-corrected chi connectivity index (χ3v) is 5.24.